The van der Waals surface area contributed by atoms with E-state index in [1.807, 2.05) is 18.2 Å². The molecule has 53 heavy (non-hydrogen) atoms. The number of para-hydroxylation sites is 2. The topological polar surface area (TPSA) is 51.8 Å². The smallest absolute Gasteiger partial charge is 0.240 e. The van der Waals surface area contributed by atoms with Gasteiger partial charge in [-0.15, -0.1) is 0 Å². The van der Waals surface area contributed by atoms with Crippen molar-refractivity contribution in [2.24, 2.45) is 11.3 Å². The van der Waals surface area contributed by atoms with E-state index < -0.39 is 0 Å². The number of nitrogens with zero attached hydrogens (tertiary/aromatic N) is 6. The first-order valence-corrected chi connectivity index (χ1v) is 18.9. The first-order chi connectivity index (χ1) is 26.1. The zero-order chi connectivity index (χ0) is 34.8. The summed E-state index contributed by atoms with van der Waals surface area (Å²) in [6.45, 7) is 2.42. The van der Waals surface area contributed by atoms with Gasteiger partial charge < -0.3 is 4.90 Å². The Morgan fingerprint density at radius 1 is 0.509 bits per heavy atom. The predicted molar refractivity (Wildman–Crippen MR) is 215 cm³/mol. The highest BCUT2D eigenvalue weighted by Gasteiger charge is 2.74. The van der Waals surface area contributed by atoms with E-state index in [4.69, 9.17) is 15.0 Å². The summed E-state index contributed by atoms with van der Waals surface area (Å²) in [7, 11) is 0. The summed E-state index contributed by atoms with van der Waals surface area (Å²) in [6.07, 6.45) is 4.09. The minimum absolute atomic E-state index is 0.559. The molecule has 6 heteroatoms. The van der Waals surface area contributed by atoms with Gasteiger partial charge in [-0.2, -0.15) is 15.0 Å². The van der Waals surface area contributed by atoms with E-state index in [2.05, 4.69) is 148 Å². The molecule has 0 amide bonds. The van der Waals surface area contributed by atoms with Crippen LogP contribution in [0.15, 0.2) is 146 Å². The summed E-state index contributed by atoms with van der Waals surface area (Å²) < 4.78 is 4.44. The lowest BCUT2D eigenvalue weighted by Gasteiger charge is -2.35. The van der Waals surface area contributed by atoms with Gasteiger partial charge in [-0.3, -0.25) is 9.13 Å². The van der Waals surface area contributed by atoms with Crippen LogP contribution in [0.2, 0.25) is 0 Å². The van der Waals surface area contributed by atoms with Gasteiger partial charge in [0.2, 0.25) is 11.9 Å². The maximum absolute atomic E-state index is 5.38. The maximum Gasteiger partial charge on any atom is 0.240 e. The van der Waals surface area contributed by atoms with Gasteiger partial charge in [0, 0.05) is 44.9 Å². The molecule has 2 saturated carbocycles. The Morgan fingerprint density at radius 2 is 1.08 bits per heavy atom. The SMILES string of the molecule is CC1CC2CC23CC3N1c1ccc2c(c1)c1ccccc1n2-c1nc(-c2ccccc2)nc(-n2c3ccccc3c3cc(-c4ccccc4)ccc32)n1. The lowest BCUT2D eigenvalue weighted by molar-refractivity contribution is 0.461. The predicted octanol–water partition coefficient (Wildman–Crippen LogP) is 10.8. The molecule has 0 N–H and O–H groups in total. The van der Waals surface area contributed by atoms with E-state index in [1.54, 1.807) is 0 Å². The molecule has 3 aromatic heterocycles. The first kappa shape index (κ1) is 29.3. The van der Waals surface area contributed by atoms with Crippen molar-refractivity contribution < 1.29 is 0 Å². The Hall–Kier alpha value is -6.27. The summed E-state index contributed by atoms with van der Waals surface area (Å²) in [4.78, 5) is 18.6. The van der Waals surface area contributed by atoms with Gasteiger partial charge in [-0.1, -0.05) is 103 Å². The van der Waals surface area contributed by atoms with Crippen LogP contribution in [0.5, 0.6) is 0 Å². The molecular formula is C47H36N6. The molecule has 1 saturated heterocycles. The van der Waals surface area contributed by atoms with E-state index >= 15 is 0 Å². The Balaban J connectivity index is 1.09. The average molecular weight is 685 g/mol. The van der Waals surface area contributed by atoms with Crippen molar-refractivity contribution >= 4 is 49.3 Å². The van der Waals surface area contributed by atoms with Gasteiger partial charge in [-0.05, 0) is 91.1 Å². The summed E-state index contributed by atoms with van der Waals surface area (Å²) in [5.41, 5.74) is 9.56. The standard InChI is InChI=1S/C47H36N6/c1-29-24-33-27-47(33)28-43(47)51(29)34-21-23-42-38(26-34)36-17-9-11-19-40(36)53(42)46-49-44(31-14-6-3-7-15-31)48-45(50-46)52-39-18-10-8-16-35(39)37-25-32(20-22-41(37)52)30-12-4-2-5-13-30/h2-23,25-26,29,33,43H,24,27-28H2,1H3. The number of hydrogen-bond acceptors (Lipinski definition) is 4. The number of piperidine rings is 1. The molecule has 4 unspecified atom stereocenters. The van der Waals surface area contributed by atoms with Gasteiger partial charge in [0.05, 0.1) is 22.1 Å². The minimum atomic E-state index is 0.559. The van der Waals surface area contributed by atoms with Crippen LogP contribution in [0.1, 0.15) is 26.2 Å². The van der Waals surface area contributed by atoms with Crippen molar-refractivity contribution in [2.45, 2.75) is 38.3 Å². The van der Waals surface area contributed by atoms with Crippen LogP contribution < -0.4 is 4.90 Å². The molecule has 3 fully saturated rings. The van der Waals surface area contributed by atoms with Gasteiger partial charge in [0.1, 0.15) is 0 Å². The number of rotatable bonds is 5. The molecule has 3 aliphatic rings. The van der Waals surface area contributed by atoms with Crippen LogP contribution in [0.3, 0.4) is 0 Å². The van der Waals surface area contributed by atoms with Crippen LogP contribution >= 0.6 is 0 Å². The zero-order valence-electron chi connectivity index (χ0n) is 29.4. The number of fused-ring (bicyclic) bond motifs is 6. The van der Waals surface area contributed by atoms with E-state index in [1.165, 1.54) is 46.8 Å². The Morgan fingerprint density at radius 3 is 1.75 bits per heavy atom. The zero-order valence-corrected chi connectivity index (χ0v) is 29.4. The van der Waals surface area contributed by atoms with Crippen LogP contribution in [0.4, 0.5) is 5.69 Å². The van der Waals surface area contributed by atoms with Gasteiger partial charge in [-0.25, -0.2) is 0 Å². The number of hydrogen-bond donors (Lipinski definition) is 0. The molecule has 0 radical (unpaired) electrons. The molecule has 2 aliphatic carbocycles. The molecule has 4 atom stereocenters. The Bertz CT molecular complexity index is 2930. The van der Waals surface area contributed by atoms with Gasteiger partial charge in [0.15, 0.2) is 5.82 Å². The summed E-state index contributed by atoms with van der Waals surface area (Å²) >= 11 is 0. The number of aromatic nitrogens is 5. The second kappa shape index (κ2) is 10.6. The van der Waals surface area contributed by atoms with Crippen molar-refractivity contribution in [1.29, 1.82) is 0 Å². The molecule has 0 bridgehead atoms. The maximum atomic E-state index is 5.38. The second-order valence-electron chi connectivity index (χ2n) is 15.5. The van der Waals surface area contributed by atoms with Crippen LogP contribution in [0.25, 0.3) is 78.0 Å². The largest absolute Gasteiger partial charge is 0.365 e. The van der Waals surface area contributed by atoms with Gasteiger partial charge >= 0.3 is 0 Å². The van der Waals surface area contributed by atoms with Crippen molar-refractivity contribution in [3.05, 3.63) is 146 Å². The lowest BCUT2D eigenvalue weighted by Crippen LogP contribution is -2.39. The van der Waals surface area contributed by atoms with Crippen molar-refractivity contribution in [3.8, 4) is 34.4 Å². The second-order valence-corrected chi connectivity index (χ2v) is 15.5. The van der Waals surface area contributed by atoms with Crippen molar-refractivity contribution in [1.82, 2.24) is 24.1 Å². The van der Waals surface area contributed by atoms with Gasteiger partial charge in [0.25, 0.3) is 0 Å². The molecule has 4 heterocycles. The first-order valence-electron chi connectivity index (χ1n) is 18.9. The molecule has 254 valence electrons. The van der Waals surface area contributed by atoms with Crippen LogP contribution in [-0.2, 0) is 0 Å². The van der Waals surface area contributed by atoms with E-state index in [0.29, 0.717) is 35.2 Å². The fourth-order valence-corrected chi connectivity index (χ4v) is 9.93. The average Bonchev–Trinajstić information content (AvgIpc) is 4.04. The number of anilines is 1. The summed E-state index contributed by atoms with van der Waals surface area (Å²) in [5, 5.41) is 4.76. The molecule has 6 nitrogen and oxygen atoms in total. The molecule has 12 rings (SSSR count). The van der Waals surface area contributed by atoms with Crippen LogP contribution in [-0.4, -0.2) is 36.2 Å². The molecule has 1 spiro atoms. The molecule has 1 aliphatic heterocycles. The third kappa shape index (κ3) is 4.23. The number of benzene rings is 6. The fourth-order valence-electron chi connectivity index (χ4n) is 9.93. The molecule has 9 aromatic rings. The molecular weight excluding hydrogens is 649 g/mol. The summed E-state index contributed by atoms with van der Waals surface area (Å²) in [5.74, 6) is 2.78. The third-order valence-corrected chi connectivity index (χ3v) is 12.6. The normalized spacial score (nSPS) is 21.7. The van der Waals surface area contributed by atoms with Crippen LogP contribution in [0, 0.1) is 11.3 Å². The Kier molecular flexibility index (Phi) is 5.89. The molecule has 6 aromatic carbocycles. The lowest BCUT2D eigenvalue weighted by atomic mass is 10.0. The van der Waals surface area contributed by atoms with Crippen molar-refractivity contribution in [3.63, 3.8) is 0 Å². The highest BCUT2D eigenvalue weighted by molar-refractivity contribution is 6.11. The fraction of sp³-hybridized carbons (Fsp3) is 0.170. The minimum Gasteiger partial charge on any atom is -0.365 e. The monoisotopic (exact) mass is 684 g/mol. The highest BCUT2D eigenvalue weighted by Crippen LogP contribution is 2.76. The Labute approximate surface area is 307 Å². The van der Waals surface area contributed by atoms with E-state index in [-0.39, 0.29) is 0 Å². The quantitative estimate of drug-likeness (QED) is 0.181. The summed E-state index contributed by atoms with van der Waals surface area (Å²) in [6, 6.07) is 53.1. The highest BCUT2D eigenvalue weighted by atomic mass is 15.3. The third-order valence-electron chi connectivity index (χ3n) is 12.6. The van der Waals surface area contributed by atoms with E-state index in [0.717, 1.165) is 44.3 Å². The van der Waals surface area contributed by atoms with E-state index in [9.17, 15) is 0 Å². The van der Waals surface area contributed by atoms with Crippen molar-refractivity contribution in [2.75, 3.05) is 4.90 Å².